The largest absolute Gasteiger partial charge is 0.352 e. The first-order valence-electron chi connectivity index (χ1n) is 9.80. The summed E-state index contributed by atoms with van der Waals surface area (Å²) < 4.78 is 0. The van der Waals surface area contributed by atoms with Crippen LogP contribution in [0.25, 0.3) is 0 Å². The Morgan fingerprint density at radius 1 is 0.966 bits per heavy atom. The third kappa shape index (κ3) is 4.43. The van der Waals surface area contributed by atoms with Gasteiger partial charge >= 0.3 is 0 Å². The number of carbonyl (C=O) groups is 3. The van der Waals surface area contributed by atoms with E-state index in [9.17, 15) is 14.4 Å². The Balaban J connectivity index is 1.41. The highest BCUT2D eigenvalue weighted by molar-refractivity contribution is 6.34. The number of nitrogens with one attached hydrogen (secondary N) is 2. The molecule has 0 aromatic heterocycles. The number of hydrogen-bond acceptors (Lipinski definition) is 3. The summed E-state index contributed by atoms with van der Waals surface area (Å²) in [6.07, 6.45) is 3.55. The number of amides is 3. The van der Waals surface area contributed by atoms with Crippen molar-refractivity contribution in [2.75, 3.05) is 11.9 Å². The fourth-order valence-corrected chi connectivity index (χ4v) is 3.73. The van der Waals surface area contributed by atoms with Gasteiger partial charge in [0.2, 0.25) is 5.91 Å². The van der Waals surface area contributed by atoms with Crippen LogP contribution in [0.15, 0.2) is 48.5 Å². The Morgan fingerprint density at radius 2 is 1.69 bits per heavy atom. The van der Waals surface area contributed by atoms with Crippen LogP contribution in [-0.4, -0.2) is 41.2 Å². The number of anilines is 1. The molecule has 1 saturated heterocycles. The van der Waals surface area contributed by atoms with E-state index in [0.717, 1.165) is 19.3 Å². The van der Waals surface area contributed by atoms with Crippen molar-refractivity contribution in [1.82, 2.24) is 10.2 Å². The Kier molecular flexibility index (Phi) is 5.53. The van der Waals surface area contributed by atoms with Crippen LogP contribution in [0.3, 0.4) is 0 Å². The first-order chi connectivity index (χ1) is 14.0. The summed E-state index contributed by atoms with van der Waals surface area (Å²) in [5.41, 5.74) is 1.44. The fourth-order valence-electron chi connectivity index (χ4n) is 3.51. The van der Waals surface area contributed by atoms with Crippen molar-refractivity contribution >= 4 is 35.0 Å². The summed E-state index contributed by atoms with van der Waals surface area (Å²) in [5.74, 6) is -0.532. The van der Waals surface area contributed by atoms with Crippen molar-refractivity contribution in [3.05, 3.63) is 64.7 Å². The van der Waals surface area contributed by atoms with Gasteiger partial charge < -0.3 is 15.5 Å². The quantitative estimate of drug-likeness (QED) is 0.790. The molecule has 0 unspecified atom stereocenters. The van der Waals surface area contributed by atoms with Gasteiger partial charge in [0.25, 0.3) is 11.8 Å². The molecule has 0 radical (unpaired) electrons. The number of rotatable bonds is 5. The van der Waals surface area contributed by atoms with Crippen LogP contribution in [-0.2, 0) is 4.79 Å². The number of hydrogen-bond donors (Lipinski definition) is 2. The molecule has 1 saturated carbocycles. The highest BCUT2D eigenvalue weighted by Crippen LogP contribution is 2.24. The standard InChI is InChI=1S/C22H22ClN3O3/c23-18-5-2-1-4-17(18)20(27)24-15-9-7-14(8-10-15)22(29)26-13-3-6-19(26)21(28)25-16-11-12-16/h1-2,4-5,7-10,16,19H,3,6,11-13H2,(H,24,27)(H,25,28)/t19-/m0/s1. The number of nitrogens with zero attached hydrogens (tertiary/aromatic N) is 1. The second kappa shape index (κ2) is 8.25. The Bertz CT molecular complexity index is 941. The Labute approximate surface area is 174 Å². The molecule has 2 aromatic carbocycles. The lowest BCUT2D eigenvalue weighted by Crippen LogP contribution is -2.46. The maximum atomic E-state index is 12.9. The minimum Gasteiger partial charge on any atom is -0.352 e. The van der Waals surface area contributed by atoms with E-state index in [1.54, 1.807) is 53.4 Å². The third-order valence-electron chi connectivity index (χ3n) is 5.25. The van der Waals surface area contributed by atoms with Crippen LogP contribution < -0.4 is 10.6 Å². The second-order valence-corrected chi connectivity index (χ2v) is 7.86. The monoisotopic (exact) mass is 411 g/mol. The van der Waals surface area contributed by atoms with Crippen LogP contribution in [0.2, 0.25) is 5.02 Å². The zero-order chi connectivity index (χ0) is 20.4. The lowest BCUT2D eigenvalue weighted by atomic mass is 10.1. The van der Waals surface area contributed by atoms with E-state index in [1.165, 1.54) is 0 Å². The summed E-state index contributed by atoms with van der Waals surface area (Å²) >= 11 is 6.06. The van der Waals surface area contributed by atoms with Gasteiger partial charge in [0.05, 0.1) is 10.6 Å². The van der Waals surface area contributed by atoms with E-state index in [0.29, 0.717) is 34.8 Å². The molecule has 6 nitrogen and oxygen atoms in total. The SMILES string of the molecule is O=C(Nc1ccc(C(=O)N2CCC[C@H]2C(=O)NC2CC2)cc1)c1ccccc1Cl. The van der Waals surface area contributed by atoms with Crippen LogP contribution in [0.4, 0.5) is 5.69 Å². The molecule has 1 aliphatic heterocycles. The van der Waals surface area contributed by atoms with Gasteiger partial charge in [0.1, 0.15) is 6.04 Å². The number of carbonyl (C=O) groups excluding carboxylic acids is 3. The molecule has 2 aliphatic rings. The van der Waals surface area contributed by atoms with Crippen molar-refractivity contribution in [1.29, 1.82) is 0 Å². The van der Waals surface area contributed by atoms with Gasteiger partial charge in [0.15, 0.2) is 0 Å². The van der Waals surface area contributed by atoms with Crippen molar-refractivity contribution in [2.45, 2.75) is 37.8 Å². The predicted molar refractivity (Wildman–Crippen MR) is 111 cm³/mol. The molecule has 3 amide bonds. The lowest BCUT2D eigenvalue weighted by Gasteiger charge is -2.24. The maximum Gasteiger partial charge on any atom is 0.257 e. The zero-order valence-electron chi connectivity index (χ0n) is 15.9. The zero-order valence-corrected chi connectivity index (χ0v) is 16.6. The van der Waals surface area contributed by atoms with Gasteiger partial charge in [-0.15, -0.1) is 0 Å². The second-order valence-electron chi connectivity index (χ2n) is 7.45. The van der Waals surface area contributed by atoms with E-state index in [2.05, 4.69) is 10.6 Å². The van der Waals surface area contributed by atoms with E-state index < -0.39 is 6.04 Å². The topological polar surface area (TPSA) is 78.5 Å². The van der Waals surface area contributed by atoms with Crippen molar-refractivity contribution in [2.24, 2.45) is 0 Å². The average Bonchev–Trinajstić information content (AvgIpc) is 3.39. The Hall–Kier alpha value is -2.86. The van der Waals surface area contributed by atoms with Crippen LogP contribution in [0, 0.1) is 0 Å². The molecular formula is C22H22ClN3O3. The highest BCUT2D eigenvalue weighted by atomic mass is 35.5. The van der Waals surface area contributed by atoms with Crippen LogP contribution in [0.1, 0.15) is 46.4 Å². The van der Waals surface area contributed by atoms with Crippen LogP contribution in [0.5, 0.6) is 0 Å². The van der Waals surface area contributed by atoms with E-state index in [4.69, 9.17) is 11.6 Å². The molecule has 2 fully saturated rings. The molecule has 1 heterocycles. The molecule has 2 aromatic rings. The van der Waals surface area contributed by atoms with Crippen LogP contribution >= 0.6 is 11.6 Å². The minimum atomic E-state index is -0.400. The van der Waals surface area contributed by atoms with Gasteiger partial charge in [0, 0.05) is 23.8 Å². The third-order valence-corrected chi connectivity index (χ3v) is 5.58. The van der Waals surface area contributed by atoms with Gasteiger partial charge in [-0.05, 0) is 62.1 Å². The summed E-state index contributed by atoms with van der Waals surface area (Å²) in [7, 11) is 0. The fraction of sp³-hybridized carbons (Fsp3) is 0.318. The molecular weight excluding hydrogens is 390 g/mol. The minimum absolute atomic E-state index is 0.0537. The summed E-state index contributed by atoms with van der Waals surface area (Å²) in [5, 5.41) is 6.15. The van der Waals surface area contributed by atoms with Crippen molar-refractivity contribution in [3.63, 3.8) is 0 Å². The summed E-state index contributed by atoms with van der Waals surface area (Å²) in [4.78, 5) is 39.3. The normalized spacial score (nSPS) is 18.4. The molecule has 1 atom stereocenters. The predicted octanol–water partition coefficient (Wildman–Crippen LogP) is 3.48. The molecule has 2 N–H and O–H groups in total. The molecule has 7 heteroatoms. The summed E-state index contributed by atoms with van der Waals surface area (Å²) in [6, 6.07) is 13.4. The number of benzene rings is 2. The average molecular weight is 412 g/mol. The van der Waals surface area contributed by atoms with Crippen molar-refractivity contribution < 1.29 is 14.4 Å². The lowest BCUT2D eigenvalue weighted by molar-refractivity contribution is -0.125. The summed E-state index contributed by atoms with van der Waals surface area (Å²) in [6.45, 7) is 0.576. The molecule has 150 valence electrons. The number of likely N-dealkylation sites (tertiary alicyclic amines) is 1. The van der Waals surface area contributed by atoms with Gasteiger partial charge in [-0.3, -0.25) is 14.4 Å². The highest BCUT2D eigenvalue weighted by Gasteiger charge is 2.36. The molecule has 29 heavy (non-hydrogen) atoms. The van der Waals surface area contributed by atoms with E-state index in [1.807, 2.05) is 0 Å². The van der Waals surface area contributed by atoms with Gasteiger partial charge in [-0.1, -0.05) is 23.7 Å². The molecule has 1 aliphatic carbocycles. The van der Waals surface area contributed by atoms with Gasteiger partial charge in [-0.25, -0.2) is 0 Å². The van der Waals surface area contributed by atoms with Gasteiger partial charge in [-0.2, -0.15) is 0 Å². The molecule has 0 spiro atoms. The molecule has 0 bridgehead atoms. The molecule has 4 rings (SSSR count). The first-order valence-corrected chi connectivity index (χ1v) is 10.2. The van der Waals surface area contributed by atoms with E-state index >= 15 is 0 Å². The number of halogens is 1. The Morgan fingerprint density at radius 3 is 2.38 bits per heavy atom. The maximum absolute atomic E-state index is 12.9. The first kappa shape index (κ1) is 19.5. The van der Waals surface area contributed by atoms with Crippen molar-refractivity contribution in [3.8, 4) is 0 Å². The smallest absolute Gasteiger partial charge is 0.257 e. The van der Waals surface area contributed by atoms with E-state index in [-0.39, 0.29) is 23.8 Å².